The summed E-state index contributed by atoms with van der Waals surface area (Å²) < 4.78 is 25.6. The Morgan fingerprint density at radius 2 is 2.05 bits per heavy atom. The first-order valence-corrected chi connectivity index (χ1v) is 8.41. The number of carbonyl (C=O) groups is 1. The minimum atomic E-state index is -3.64. The van der Waals surface area contributed by atoms with Crippen molar-refractivity contribution in [2.75, 3.05) is 0 Å². The highest BCUT2D eigenvalue weighted by atomic mass is 79.9. The molecule has 0 unspecified atom stereocenters. The molecular weight excluding hydrogens is 358 g/mol. The monoisotopic (exact) mass is 369 g/mol. The molecule has 0 spiro atoms. The number of benzene rings is 1. The van der Waals surface area contributed by atoms with E-state index in [4.69, 9.17) is 5.11 Å². The van der Waals surface area contributed by atoms with Crippen LogP contribution in [0.2, 0.25) is 0 Å². The van der Waals surface area contributed by atoms with Crippen LogP contribution >= 0.6 is 15.9 Å². The highest BCUT2D eigenvalue weighted by Crippen LogP contribution is 2.23. The number of rotatable bonds is 4. The number of carboxylic acid groups (broad SMARTS) is 1. The molecule has 0 amide bonds. The van der Waals surface area contributed by atoms with Gasteiger partial charge in [0.2, 0.25) is 0 Å². The van der Waals surface area contributed by atoms with Gasteiger partial charge in [-0.15, -0.1) is 0 Å². The molecule has 1 N–H and O–H groups in total. The van der Waals surface area contributed by atoms with Crippen molar-refractivity contribution >= 4 is 31.7 Å². The Morgan fingerprint density at radius 3 is 2.67 bits per heavy atom. The Morgan fingerprint density at radius 1 is 1.33 bits per heavy atom. The van der Waals surface area contributed by atoms with Crippen molar-refractivity contribution < 1.29 is 18.3 Å². The molecule has 0 radical (unpaired) electrons. The number of carboxylic acids is 1. The van der Waals surface area contributed by atoms with Crippen LogP contribution in [0.3, 0.4) is 0 Å². The van der Waals surface area contributed by atoms with Gasteiger partial charge in [-0.3, -0.25) is 4.98 Å². The van der Waals surface area contributed by atoms with Gasteiger partial charge in [-0.25, -0.2) is 13.2 Å². The van der Waals surface area contributed by atoms with Gasteiger partial charge in [0.25, 0.3) is 0 Å². The number of aromatic carboxylic acids is 1. The average Bonchev–Trinajstić information content (AvgIpc) is 2.37. The van der Waals surface area contributed by atoms with Gasteiger partial charge in [0, 0.05) is 16.9 Å². The summed E-state index contributed by atoms with van der Waals surface area (Å²) in [6.07, 6.45) is 3.03. The SMILES string of the molecule is Cc1c(C(=O)O)cccc1S(=O)(=O)Cc1cncc(Br)c1. The summed E-state index contributed by atoms with van der Waals surface area (Å²) in [6, 6.07) is 5.91. The lowest BCUT2D eigenvalue weighted by atomic mass is 10.1. The number of aromatic nitrogens is 1. The lowest BCUT2D eigenvalue weighted by Crippen LogP contribution is -2.10. The number of nitrogens with zero attached hydrogens (tertiary/aromatic N) is 1. The molecule has 0 bridgehead atoms. The first kappa shape index (κ1) is 15.7. The zero-order valence-corrected chi connectivity index (χ0v) is 13.5. The smallest absolute Gasteiger partial charge is 0.335 e. The van der Waals surface area contributed by atoms with Crippen LogP contribution in [0.4, 0.5) is 0 Å². The van der Waals surface area contributed by atoms with Crippen molar-refractivity contribution in [1.29, 1.82) is 0 Å². The standard InChI is InChI=1S/C14H12BrNO4S/c1-9-12(14(17)18)3-2-4-13(9)21(19,20)8-10-5-11(15)7-16-6-10/h2-7H,8H2,1H3,(H,17,18). The van der Waals surface area contributed by atoms with Gasteiger partial charge >= 0.3 is 5.97 Å². The van der Waals surface area contributed by atoms with E-state index in [1.807, 2.05) is 0 Å². The molecule has 0 fully saturated rings. The van der Waals surface area contributed by atoms with Gasteiger partial charge < -0.3 is 5.11 Å². The van der Waals surface area contributed by atoms with Crippen LogP contribution in [-0.2, 0) is 15.6 Å². The third-order valence-corrected chi connectivity index (χ3v) is 5.23. The molecule has 1 aromatic heterocycles. The molecule has 0 atom stereocenters. The molecule has 110 valence electrons. The maximum atomic E-state index is 12.5. The summed E-state index contributed by atoms with van der Waals surface area (Å²) in [4.78, 5) is 15.0. The number of hydrogen-bond acceptors (Lipinski definition) is 4. The van der Waals surface area contributed by atoms with Crippen LogP contribution in [0.25, 0.3) is 0 Å². The van der Waals surface area contributed by atoms with Crippen LogP contribution in [0, 0.1) is 6.92 Å². The molecule has 7 heteroatoms. The maximum Gasteiger partial charge on any atom is 0.335 e. The van der Waals surface area contributed by atoms with E-state index in [9.17, 15) is 13.2 Å². The van der Waals surface area contributed by atoms with E-state index in [1.54, 1.807) is 12.3 Å². The second kappa shape index (κ2) is 5.95. The summed E-state index contributed by atoms with van der Waals surface area (Å²) in [5, 5.41) is 9.07. The summed E-state index contributed by atoms with van der Waals surface area (Å²) in [5.41, 5.74) is 0.765. The number of halogens is 1. The first-order chi connectivity index (χ1) is 9.81. The lowest BCUT2D eigenvalue weighted by Gasteiger charge is -2.10. The predicted octanol–water partition coefficient (Wildman–Crippen LogP) is 2.82. The van der Waals surface area contributed by atoms with E-state index >= 15 is 0 Å². The van der Waals surface area contributed by atoms with Crippen molar-refractivity contribution in [1.82, 2.24) is 4.98 Å². The van der Waals surface area contributed by atoms with Gasteiger partial charge in [-0.2, -0.15) is 0 Å². The van der Waals surface area contributed by atoms with Gasteiger partial charge in [0.05, 0.1) is 16.2 Å². The van der Waals surface area contributed by atoms with Gasteiger partial charge in [0.1, 0.15) is 0 Å². The molecular formula is C14H12BrNO4S. The molecule has 0 aliphatic heterocycles. The fourth-order valence-corrected chi connectivity index (χ4v) is 4.04. The summed E-state index contributed by atoms with van der Waals surface area (Å²) >= 11 is 3.24. The second-order valence-electron chi connectivity index (χ2n) is 4.50. The summed E-state index contributed by atoms with van der Waals surface area (Å²) in [7, 11) is -3.64. The molecule has 0 aliphatic carbocycles. The van der Waals surface area contributed by atoms with E-state index in [1.165, 1.54) is 31.3 Å². The minimum Gasteiger partial charge on any atom is -0.478 e. The van der Waals surface area contributed by atoms with E-state index in [0.717, 1.165) is 0 Å². The summed E-state index contributed by atoms with van der Waals surface area (Å²) in [5.74, 6) is -1.38. The molecule has 0 saturated heterocycles. The van der Waals surface area contributed by atoms with Crippen molar-refractivity contribution in [3.8, 4) is 0 Å². The Labute approximate surface area is 130 Å². The zero-order chi connectivity index (χ0) is 15.6. The van der Waals surface area contributed by atoms with E-state index in [2.05, 4.69) is 20.9 Å². The number of hydrogen-bond donors (Lipinski definition) is 1. The van der Waals surface area contributed by atoms with Crippen molar-refractivity contribution in [2.45, 2.75) is 17.6 Å². The third kappa shape index (κ3) is 3.48. The molecule has 1 aromatic carbocycles. The van der Waals surface area contributed by atoms with Gasteiger partial charge in [-0.05, 0) is 52.2 Å². The Hall–Kier alpha value is -1.73. The highest BCUT2D eigenvalue weighted by molar-refractivity contribution is 9.10. The van der Waals surface area contributed by atoms with E-state index in [0.29, 0.717) is 10.0 Å². The van der Waals surface area contributed by atoms with Crippen molar-refractivity contribution in [2.24, 2.45) is 0 Å². The van der Waals surface area contributed by atoms with Crippen LogP contribution in [0.15, 0.2) is 46.0 Å². The quantitative estimate of drug-likeness (QED) is 0.895. The van der Waals surface area contributed by atoms with Crippen LogP contribution < -0.4 is 0 Å². The van der Waals surface area contributed by atoms with E-state index in [-0.39, 0.29) is 21.8 Å². The normalized spacial score (nSPS) is 11.3. The summed E-state index contributed by atoms with van der Waals surface area (Å²) in [6.45, 7) is 1.50. The van der Waals surface area contributed by atoms with Gasteiger partial charge in [-0.1, -0.05) is 6.07 Å². The number of pyridine rings is 1. The average molecular weight is 370 g/mol. The molecule has 0 aliphatic rings. The largest absolute Gasteiger partial charge is 0.478 e. The third-order valence-electron chi connectivity index (χ3n) is 2.97. The minimum absolute atomic E-state index is 0.0107. The topological polar surface area (TPSA) is 84.3 Å². The highest BCUT2D eigenvalue weighted by Gasteiger charge is 2.21. The Kier molecular flexibility index (Phi) is 4.43. The van der Waals surface area contributed by atoms with Crippen LogP contribution in [-0.4, -0.2) is 24.5 Å². The maximum absolute atomic E-state index is 12.5. The lowest BCUT2D eigenvalue weighted by molar-refractivity contribution is 0.0696. The molecule has 0 saturated carbocycles. The zero-order valence-electron chi connectivity index (χ0n) is 11.1. The van der Waals surface area contributed by atoms with Gasteiger partial charge in [0.15, 0.2) is 9.84 Å². The van der Waals surface area contributed by atoms with Crippen LogP contribution in [0.5, 0.6) is 0 Å². The molecule has 1 heterocycles. The second-order valence-corrected chi connectivity index (χ2v) is 7.38. The molecule has 5 nitrogen and oxygen atoms in total. The Bertz CT molecular complexity index is 802. The Balaban J connectivity index is 2.45. The number of sulfone groups is 1. The first-order valence-electron chi connectivity index (χ1n) is 5.96. The van der Waals surface area contributed by atoms with E-state index < -0.39 is 15.8 Å². The molecule has 2 aromatic rings. The van der Waals surface area contributed by atoms with Crippen molar-refractivity contribution in [3.05, 3.63) is 57.8 Å². The predicted molar refractivity (Wildman–Crippen MR) is 81.0 cm³/mol. The molecule has 2 rings (SSSR count). The fourth-order valence-electron chi connectivity index (χ4n) is 2.02. The molecule has 21 heavy (non-hydrogen) atoms. The fraction of sp³-hybridized carbons (Fsp3) is 0.143. The van der Waals surface area contributed by atoms with Crippen LogP contribution in [0.1, 0.15) is 21.5 Å². The van der Waals surface area contributed by atoms with Crippen molar-refractivity contribution in [3.63, 3.8) is 0 Å².